The minimum Gasteiger partial charge on any atom is -0.458 e. The molecule has 4 rings (SSSR count). The van der Waals surface area contributed by atoms with Gasteiger partial charge in [-0.2, -0.15) is 0 Å². The summed E-state index contributed by atoms with van der Waals surface area (Å²) in [6.45, 7) is 3.85. The number of carbonyl (C=O) groups excluding carboxylic acids is 2. The van der Waals surface area contributed by atoms with Crippen LogP contribution < -0.4 is 0 Å². The fourth-order valence-electron chi connectivity index (χ4n) is 4.36. The van der Waals surface area contributed by atoms with Gasteiger partial charge in [0.1, 0.15) is 24.9 Å². The molecule has 1 aliphatic heterocycles. The highest BCUT2D eigenvalue weighted by Gasteiger charge is 2.45. The highest BCUT2D eigenvalue weighted by molar-refractivity contribution is 5.90. The van der Waals surface area contributed by atoms with Gasteiger partial charge < -0.3 is 24.1 Å². The van der Waals surface area contributed by atoms with Crippen molar-refractivity contribution in [3.8, 4) is 0 Å². The van der Waals surface area contributed by atoms with Crippen LogP contribution in [0.5, 0.6) is 0 Å². The van der Waals surface area contributed by atoms with Gasteiger partial charge in [-0.3, -0.25) is 0 Å². The number of aliphatic hydroxyl groups excluding tert-OH is 1. The summed E-state index contributed by atoms with van der Waals surface area (Å²) >= 11 is 0. The van der Waals surface area contributed by atoms with E-state index in [9.17, 15) is 14.7 Å². The molecule has 0 saturated carbocycles. The Labute approximate surface area is 222 Å². The van der Waals surface area contributed by atoms with Crippen LogP contribution >= 0.6 is 0 Å². The third-order valence-corrected chi connectivity index (χ3v) is 6.31. The number of ether oxygens (including phenoxy) is 4. The Morgan fingerprint density at radius 2 is 1.45 bits per heavy atom. The van der Waals surface area contributed by atoms with Crippen molar-refractivity contribution in [2.24, 2.45) is 0 Å². The first-order valence-electron chi connectivity index (χ1n) is 12.6. The summed E-state index contributed by atoms with van der Waals surface area (Å²) in [5.41, 5.74) is 1.72. The van der Waals surface area contributed by atoms with Crippen LogP contribution in [0.3, 0.4) is 0 Å². The van der Waals surface area contributed by atoms with Crippen LogP contribution in [0.15, 0.2) is 104 Å². The standard InChI is InChI=1S/C31H32O7/c1-2-12-26-28(32)29(35-20-22-13-6-3-7-14-22)27(38-26)19-25(37-31(34)24-17-10-5-11-18-24)21-36-30(33)23-15-8-4-9-16-23/h2-11,13-18,25-29,32H,1,12,19-21H2/t25-,26-,27+,28-,29-/m0/s1. The molecule has 1 saturated heterocycles. The van der Waals surface area contributed by atoms with Gasteiger partial charge in [-0.05, 0) is 36.2 Å². The number of rotatable bonds is 12. The van der Waals surface area contributed by atoms with Gasteiger partial charge >= 0.3 is 11.9 Å². The van der Waals surface area contributed by atoms with Gasteiger partial charge in [-0.1, -0.05) is 72.8 Å². The first-order valence-corrected chi connectivity index (χ1v) is 12.6. The summed E-state index contributed by atoms with van der Waals surface area (Å²) in [6, 6.07) is 26.8. The monoisotopic (exact) mass is 516 g/mol. The zero-order valence-electron chi connectivity index (χ0n) is 21.1. The van der Waals surface area contributed by atoms with Gasteiger partial charge in [0.05, 0.1) is 29.9 Å². The topological polar surface area (TPSA) is 91.3 Å². The van der Waals surface area contributed by atoms with E-state index in [1.165, 1.54) is 0 Å². The molecule has 0 aliphatic carbocycles. The van der Waals surface area contributed by atoms with Crippen molar-refractivity contribution in [1.82, 2.24) is 0 Å². The van der Waals surface area contributed by atoms with Gasteiger partial charge in [0, 0.05) is 6.42 Å². The molecule has 1 fully saturated rings. The van der Waals surface area contributed by atoms with Crippen molar-refractivity contribution in [2.45, 2.75) is 50.0 Å². The predicted molar refractivity (Wildman–Crippen MR) is 141 cm³/mol. The molecular formula is C31H32O7. The number of esters is 2. The molecule has 7 heteroatoms. The van der Waals surface area contributed by atoms with Crippen LogP contribution in [0.4, 0.5) is 0 Å². The van der Waals surface area contributed by atoms with E-state index in [1.54, 1.807) is 66.7 Å². The van der Waals surface area contributed by atoms with Crippen LogP contribution in [-0.4, -0.2) is 54.2 Å². The Kier molecular flexibility index (Phi) is 9.81. The Balaban J connectivity index is 1.49. The van der Waals surface area contributed by atoms with E-state index in [0.717, 1.165) is 5.56 Å². The van der Waals surface area contributed by atoms with Gasteiger partial charge in [-0.15, -0.1) is 6.58 Å². The van der Waals surface area contributed by atoms with Crippen LogP contribution in [0, 0.1) is 0 Å². The molecule has 3 aromatic carbocycles. The highest BCUT2D eigenvalue weighted by atomic mass is 16.6. The lowest BCUT2D eigenvalue weighted by molar-refractivity contribution is -0.0690. The number of benzene rings is 3. The zero-order chi connectivity index (χ0) is 26.7. The quantitative estimate of drug-likeness (QED) is 0.274. The summed E-state index contributed by atoms with van der Waals surface area (Å²) in [4.78, 5) is 25.5. The minimum atomic E-state index is -0.904. The van der Waals surface area contributed by atoms with E-state index in [1.807, 2.05) is 30.3 Å². The maximum Gasteiger partial charge on any atom is 0.338 e. The van der Waals surface area contributed by atoms with Gasteiger partial charge in [-0.25, -0.2) is 9.59 Å². The van der Waals surface area contributed by atoms with Crippen LogP contribution in [-0.2, 0) is 25.6 Å². The molecule has 0 aromatic heterocycles. The molecule has 0 bridgehead atoms. The Hall–Kier alpha value is -3.78. The Morgan fingerprint density at radius 3 is 2.05 bits per heavy atom. The largest absolute Gasteiger partial charge is 0.458 e. The van der Waals surface area contributed by atoms with Crippen molar-refractivity contribution in [3.63, 3.8) is 0 Å². The molecule has 3 aromatic rings. The average molecular weight is 517 g/mol. The second-order valence-corrected chi connectivity index (χ2v) is 9.08. The molecule has 5 atom stereocenters. The van der Waals surface area contributed by atoms with Gasteiger partial charge in [0.25, 0.3) is 0 Å². The molecule has 0 radical (unpaired) electrons. The lowest BCUT2D eigenvalue weighted by Gasteiger charge is -2.25. The van der Waals surface area contributed by atoms with Crippen molar-refractivity contribution in [2.75, 3.05) is 6.61 Å². The number of hydrogen-bond donors (Lipinski definition) is 1. The fraction of sp³-hybridized carbons (Fsp3) is 0.290. The molecule has 1 aliphatic rings. The van der Waals surface area contributed by atoms with Gasteiger partial charge in [0.2, 0.25) is 0 Å². The van der Waals surface area contributed by atoms with Crippen LogP contribution in [0.25, 0.3) is 0 Å². The fourth-order valence-corrected chi connectivity index (χ4v) is 4.36. The lowest BCUT2D eigenvalue weighted by atomic mass is 10.0. The number of hydrogen-bond acceptors (Lipinski definition) is 7. The first kappa shape index (κ1) is 27.3. The average Bonchev–Trinajstić information content (AvgIpc) is 3.25. The summed E-state index contributed by atoms with van der Waals surface area (Å²) in [7, 11) is 0. The van der Waals surface area contributed by atoms with E-state index < -0.39 is 42.5 Å². The summed E-state index contributed by atoms with van der Waals surface area (Å²) in [5, 5.41) is 11.0. The third kappa shape index (κ3) is 7.38. The normalized spacial score (nSPS) is 21.4. The van der Waals surface area contributed by atoms with Crippen LogP contribution in [0.2, 0.25) is 0 Å². The second kappa shape index (κ2) is 13.7. The molecule has 1 heterocycles. The minimum absolute atomic E-state index is 0.158. The number of aliphatic hydroxyl groups is 1. The molecule has 0 unspecified atom stereocenters. The third-order valence-electron chi connectivity index (χ3n) is 6.31. The number of carbonyl (C=O) groups is 2. The van der Waals surface area contributed by atoms with E-state index in [4.69, 9.17) is 18.9 Å². The molecule has 38 heavy (non-hydrogen) atoms. The second-order valence-electron chi connectivity index (χ2n) is 9.08. The maximum absolute atomic E-state index is 12.9. The van der Waals surface area contributed by atoms with Crippen molar-refractivity contribution >= 4 is 11.9 Å². The van der Waals surface area contributed by atoms with Crippen molar-refractivity contribution in [3.05, 3.63) is 120 Å². The molecule has 0 spiro atoms. The molecule has 1 N–H and O–H groups in total. The summed E-state index contributed by atoms with van der Waals surface area (Å²) in [6.07, 6.45) is -1.28. The van der Waals surface area contributed by atoms with E-state index in [2.05, 4.69) is 6.58 Å². The molecule has 0 amide bonds. The summed E-state index contributed by atoms with van der Waals surface area (Å²) < 4.78 is 23.5. The SMILES string of the molecule is C=CC[C@@H]1O[C@H](C[C@@H](COC(=O)c2ccccc2)OC(=O)c2ccccc2)[C@H](OCc2ccccc2)[C@H]1O. The lowest BCUT2D eigenvalue weighted by Crippen LogP contribution is -2.38. The Bertz CT molecular complexity index is 1170. The van der Waals surface area contributed by atoms with E-state index in [0.29, 0.717) is 17.5 Å². The summed E-state index contributed by atoms with van der Waals surface area (Å²) in [5.74, 6) is -1.07. The Morgan fingerprint density at radius 1 is 0.868 bits per heavy atom. The first-order chi connectivity index (χ1) is 18.5. The van der Waals surface area contributed by atoms with Crippen molar-refractivity contribution in [1.29, 1.82) is 0 Å². The predicted octanol–water partition coefficient (Wildman–Crippen LogP) is 4.75. The highest BCUT2D eigenvalue weighted by Crippen LogP contribution is 2.31. The smallest absolute Gasteiger partial charge is 0.338 e. The molecule has 7 nitrogen and oxygen atoms in total. The zero-order valence-corrected chi connectivity index (χ0v) is 21.1. The maximum atomic E-state index is 12.9. The van der Waals surface area contributed by atoms with E-state index >= 15 is 0 Å². The van der Waals surface area contributed by atoms with Gasteiger partial charge in [0.15, 0.2) is 0 Å². The molecule has 198 valence electrons. The van der Waals surface area contributed by atoms with E-state index in [-0.39, 0.29) is 19.6 Å². The molecular weight excluding hydrogens is 484 g/mol. The van der Waals surface area contributed by atoms with Crippen molar-refractivity contribution < 1.29 is 33.6 Å². The van der Waals surface area contributed by atoms with Crippen LogP contribution in [0.1, 0.15) is 39.1 Å².